The Bertz CT molecular complexity index is 476. The highest BCUT2D eigenvalue weighted by Crippen LogP contribution is 2.37. The van der Waals surface area contributed by atoms with Crippen LogP contribution in [0.25, 0.3) is 0 Å². The van der Waals surface area contributed by atoms with E-state index in [-0.39, 0.29) is 5.78 Å². The van der Waals surface area contributed by atoms with Crippen molar-refractivity contribution in [3.63, 3.8) is 0 Å². The Balaban J connectivity index is 2.48. The van der Waals surface area contributed by atoms with Gasteiger partial charge in [-0.1, -0.05) is 23.8 Å². The summed E-state index contributed by atoms with van der Waals surface area (Å²) in [6.07, 6.45) is 0.440. The first-order valence-electron chi connectivity index (χ1n) is 5.22. The van der Waals surface area contributed by atoms with Crippen molar-refractivity contribution >= 4 is 11.8 Å². The fraction of sp³-hybridized carbons (Fsp3) is 0.385. The van der Waals surface area contributed by atoms with Gasteiger partial charge in [-0.15, -0.1) is 0 Å². The van der Waals surface area contributed by atoms with Crippen LogP contribution in [0.4, 0.5) is 0 Å². The zero-order valence-corrected chi connectivity index (χ0v) is 9.66. The number of fused-ring (bicyclic) bond motifs is 1. The van der Waals surface area contributed by atoms with Crippen LogP contribution in [0.15, 0.2) is 18.2 Å². The normalized spacial score (nSPS) is 23.1. The van der Waals surface area contributed by atoms with Gasteiger partial charge in [0.2, 0.25) is 0 Å². The van der Waals surface area contributed by atoms with Gasteiger partial charge < -0.3 is 4.74 Å². The van der Waals surface area contributed by atoms with Gasteiger partial charge in [0.1, 0.15) is 5.41 Å². The second-order valence-electron chi connectivity index (χ2n) is 4.49. The molecule has 0 amide bonds. The highest BCUT2D eigenvalue weighted by molar-refractivity contribution is 6.15. The van der Waals surface area contributed by atoms with Crippen LogP contribution in [0.1, 0.15) is 28.4 Å². The Hall–Kier alpha value is -1.64. The Morgan fingerprint density at radius 2 is 2.12 bits per heavy atom. The number of hydrogen-bond donors (Lipinski definition) is 0. The fourth-order valence-electron chi connectivity index (χ4n) is 2.24. The first-order valence-corrected chi connectivity index (χ1v) is 5.22. The molecule has 3 heteroatoms. The Kier molecular flexibility index (Phi) is 2.34. The molecule has 0 fully saturated rings. The van der Waals surface area contributed by atoms with E-state index in [1.165, 1.54) is 7.11 Å². The Morgan fingerprint density at radius 1 is 1.44 bits per heavy atom. The van der Waals surface area contributed by atoms with Crippen molar-refractivity contribution in [1.82, 2.24) is 0 Å². The van der Waals surface area contributed by atoms with Gasteiger partial charge in [-0.05, 0) is 25.8 Å². The number of ether oxygens (including phenoxy) is 1. The first-order chi connectivity index (χ1) is 7.49. The number of methoxy groups -OCH3 is 1. The molecule has 0 saturated carbocycles. The van der Waals surface area contributed by atoms with Gasteiger partial charge in [-0.25, -0.2) is 0 Å². The van der Waals surface area contributed by atoms with Crippen molar-refractivity contribution < 1.29 is 14.3 Å². The molecule has 84 valence electrons. The standard InChI is InChI=1S/C13H14O3/c1-8-4-5-10-9(6-8)7-13(2,11(10)14)12(15)16-3/h4-6H,7H2,1-3H3. The van der Waals surface area contributed by atoms with Gasteiger partial charge in [0.25, 0.3) is 0 Å². The minimum atomic E-state index is -1.04. The van der Waals surface area contributed by atoms with Crippen molar-refractivity contribution in [2.75, 3.05) is 7.11 Å². The Morgan fingerprint density at radius 3 is 2.75 bits per heavy atom. The highest BCUT2D eigenvalue weighted by atomic mass is 16.5. The molecule has 0 saturated heterocycles. The van der Waals surface area contributed by atoms with Gasteiger partial charge in [-0.3, -0.25) is 9.59 Å². The van der Waals surface area contributed by atoms with E-state index in [0.717, 1.165) is 11.1 Å². The monoisotopic (exact) mass is 218 g/mol. The number of ketones is 1. The van der Waals surface area contributed by atoms with E-state index in [0.29, 0.717) is 12.0 Å². The number of hydrogen-bond acceptors (Lipinski definition) is 3. The van der Waals surface area contributed by atoms with E-state index in [4.69, 9.17) is 4.74 Å². The summed E-state index contributed by atoms with van der Waals surface area (Å²) in [6.45, 7) is 3.62. The average Bonchev–Trinajstić information content (AvgIpc) is 2.51. The molecule has 0 N–H and O–H groups in total. The lowest BCUT2D eigenvalue weighted by atomic mass is 9.86. The lowest BCUT2D eigenvalue weighted by Gasteiger charge is -2.17. The Labute approximate surface area is 94.4 Å². The van der Waals surface area contributed by atoms with Gasteiger partial charge >= 0.3 is 5.97 Å². The summed E-state index contributed by atoms with van der Waals surface area (Å²) in [5, 5.41) is 0. The zero-order valence-electron chi connectivity index (χ0n) is 9.66. The third-order valence-corrected chi connectivity index (χ3v) is 3.19. The van der Waals surface area contributed by atoms with Crippen LogP contribution >= 0.6 is 0 Å². The summed E-state index contributed by atoms with van der Waals surface area (Å²) in [7, 11) is 1.31. The van der Waals surface area contributed by atoms with Crippen molar-refractivity contribution in [2.45, 2.75) is 20.3 Å². The molecule has 0 aromatic heterocycles. The first kappa shape index (κ1) is 10.9. The molecule has 0 radical (unpaired) electrons. The molecule has 1 aliphatic carbocycles. The summed E-state index contributed by atoms with van der Waals surface area (Å²) < 4.78 is 4.71. The lowest BCUT2D eigenvalue weighted by Crippen LogP contribution is -2.34. The van der Waals surface area contributed by atoms with Crippen LogP contribution in [0.5, 0.6) is 0 Å². The van der Waals surface area contributed by atoms with Crippen LogP contribution in [0.3, 0.4) is 0 Å². The quantitative estimate of drug-likeness (QED) is 0.534. The largest absolute Gasteiger partial charge is 0.468 e. The second-order valence-corrected chi connectivity index (χ2v) is 4.49. The number of rotatable bonds is 1. The van der Waals surface area contributed by atoms with Gasteiger partial charge in [0, 0.05) is 5.56 Å². The maximum Gasteiger partial charge on any atom is 0.319 e. The average molecular weight is 218 g/mol. The van der Waals surface area contributed by atoms with Gasteiger partial charge in [0.05, 0.1) is 7.11 Å². The number of aryl methyl sites for hydroxylation is 1. The molecular weight excluding hydrogens is 204 g/mol. The van der Waals surface area contributed by atoms with Crippen LogP contribution in [0.2, 0.25) is 0 Å². The maximum absolute atomic E-state index is 12.1. The van der Waals surface area contributed by atoms with Crippen LogP contribution in [0, 0.1) is 12.3 Å². The molecule has 1 aromatic carbocycles. The molecule has 1 aromatic rings. The van der Waals surface area contributed by atoms with Crippen molar-refractivity contribution in [3.8, 4) is 0 Å². The van der Waals surface area contributed by atoms with Crippen molar-refractivity contribution in [1.29, 1.82) is 0 Å². The molecule has 2 rings (SSSR count). The summed E-state index contributed by atoms with van der Waals surface area (Å²) in [5.41, 5.74) is 1.65. The molecule has 0 aliphatic heterocycles. The molecule has 16 heavy (non-hydrogen) atoms. The summed E-state index contributed by atoms with van der Waals surface area (Å²) in [4.78, 5) is 23.8. The fourth-order valence-corrected chi connectivity index (χ4v) is 2.24. The van der Waals surface area contributed by atoms with E-state index >= 15 is 0 Å². The zero-order chi connectivity index (χ0) is 11.9. The molecule has 1 aliphatic rings. The summed E-state index contributed by atoms with van der Waals surface area (Å²) in [6, 6.07) is 5.64. The van der Waals surface area contributed by atoms with E-state index in [2.05, 4.69) is 0 Å². The minimum Gasteiger partial charge on any atom is -0.468 e. The number of esters is 1. The lowest BCUT2D eigenvalue weighted by molar-refractivity contribution is -0.148. The maximum atomic E-state index is 12.1. The molecule has 1 unspecified atom stereocenters. The molecule has 0 spiro atoms. The third-order valence-electron chi connectivity index (χ3n) is 3.19. The van der Waals surface area contributed by atoms with Crippen LogP contribution < -0.4 is 0 Å². The molecule has 0 heterocycles. The topological polar surface area (TPSA) is 43.4 Å². The number of carbonyl (C=O) groups is 2. The summed E-state index contributed by atoms with van der Waals surface area (Å²) >= 11 is 0. The smallest absolute Gasteiger partial charge is 0.319 e. The highest BCUT2D eigenvalue weighted by Gasteiger charge is 2.48. The molecule has 3 nitrogen and oxygen atoms in total. The predicted octanol–water partition coefficient (Wildman–Crippen LogP) is 1.91. The predicted molar refractivity (Wildman–Crippen MR) is 59.3 cm³/mol. The molecule has 1 atom stereocenters. The van der Waals surface area contributed by atoms with E-state index in [9.17, 15) is 9.59 Å². The minimum absolute atomic E-state index is 0.130. The SMILES string of the molecule is COC(=O)C1(C)Cc2cc(C)ccc2C1=O. The van der Waals surface area contributed by atoms with Crippen molar-refractivity contribution in [2.24, 2.45) is 5.41 Å². The number of Topliss-reactive ketones (excluding diaryl/α,β-unsaturated/α-hetero) is 1. The van der Waals surface area contributed by atoms with Gasteiger partial charge in [-0.2, -0.15) is 0 Å². The molecule has 0 bridgehead atoms. The summed E-state index contributed by atoms with van der Waals surface area (Å²) in [5.74, 6) is -0.583. The molecular formula is C13H14O3. The van der Waals surface area contributed by atoms with Crippen LogP contribution in [-0.4, -0.2) is 18.9 Å². The van der Waals surface area contributed by atoms with E-state index < -0.39 is 11.4 Å². The van der Waals surface area contributed by atoms with E-state index in [1.807, 2.05) is 19.1 Å². The van der Waals surface area contributed by atoms with Crippen molar-refractivity contribution in [3.05, 3.63) is 34.9 Å². The van der Waals surface area contributed by atoms with Crippen LogP contribution in [-0.2, 0) is 16.0 Å². The van der Waals surface area contributed by atoms with E-state index in [1.54, 1.807) is 13.0 Å². The second kappa shape index (κ2) is 3.44. The third kappa shape index (κ3) is 1.35. The number of benzene rings is 1. The van der Waals surface area contributed by atoms with Gasteiger partial charge in [0.15, 0.2) is 5.78 Å². The number of carbonyl (C=O) groups excluding carboxylic acids is 2.